The number of nitrogens with zero attached hydrogens (tertiary/aromatic N) is 3. The Morgan fingerprint density at radius 3 is 1.07 bits per heavy atom. The molecule has 3 atom stereocenters. The van der Waals surface area contributed by atoms with E-state index in [4.69, 9.17) is 37.5 Å². The fraction of sp³-hybridized carbons (Fsp3) is 0.110. The quantitative estimate of drug-likeness (QED) is 0.0255. The largest absolute Gasteiger partial charge is 1.00 e. The van der Waals surface area contributed by atoms with Gasteiger partial charge in [0.05, 0.1) is 30.9 Å². The summed E-state index contributed by atoms with van der Waals surface area (Å²) in [5.74, 6) is 0.487. The average Bonchev–Trinajstić information content (AvgIpc) is 1.56. The number of phenolic OH excluding ortho intramolecular Hbond substituents is 1. The molecule has 12 aromatic carbocycles. The number of benzene rings is 12. The molecule has 0 fully saturated rings. The van der Waals surface area contributed by atoms with E-state index in [-0.39, 0.29) is 181 Å². The maximum Gasteiger partial charge on any atom is 1.00 e. The van der Waals surface area contributed by atoms with E-state index in [0.717, 1.165) is 60.0 Å². The molecule has 0 saturated heterocycles. The van der Waals surface area contributed by atoms with Crippen LogP contribution in [0.4, 0.5) is 0 Å². The summed E-state index contributed by atoms with van der Waals surface area (Å²) < 4.78 is 39.6. The number of para-hydroxylation sites is 6. The molecule has 0 amide bonds. The number of aromatic hydroxyl groups is 1. The smallest absolute Gasteiger partial charge is 1.00 e. The Kier molecular flexibility index (Phi) is 38.3. The van der Waals surface area contributed by atoms with E-state index in [9.17, 15) is 24.6 Å². The van der Waals surface area contributed by atoms with Crippen molar-refractivity contribution in [3.8, 4) is 51.6 Å². The normalized spacial score (nSPS) is 10.7. The number of fused-ring (bicyclic) bond motifs is 6. The average molecular weight is 1520 g/mol. The summed E-state index contributed by atoms with van der Waals surface area (Å²) >= 11 is 3.24. The number of carbonyl (C=O) groups excluding carboxylic acids is 3. The Bertz CT molecular complexity index is 5130. The van der Waals surface area contributed by atoms with Crippen LogP contribution in [0.25, 0.3) is 100.0 Å². The fourth-order valence-electron chi connectivity index (χ4n) is 10.3. The first kappa shape index (κ1) is 90.6. The number of alkyl halides is 1. The monoisotopic (exact) mass is 1520 g/mol. The molecule has 0 aliphatic heterocycles. The van der Waals surface area contributed by atoms with E-state index in [1.54, 1.807) is 30.3 Å². The molecule has 3 N–H and O–H groups in total. The van der Waals surface area contributed by atoms with Gasteiger partial charge in [-0.25, -0.2) is 24.5 Å². The minimum atomic E-state index is -1.16. The minimum absolute atomic E-state index is 0. The number of hydrogen-bond donors (Lipinski definition) is 2. The van der Waals surface area contributed by atoms with Crippen LogP contribution in [0.5, 0.6) is 17.2 Å². The van der Waals surface area contributed by atoms with Crippen LogP contribution in [-0.2, 0) is 33.5 Å². The Balaban J connectivity index is 0.000000477. The van der Waals surface area contributed by atoms with E-state index in [1.807, 2.05) is 243 Å². The number of methoxy groups -OCH3 is 2. The second kappa shape index (κ2) is 44.4. The molecule has 0 spiro atoms. The zero-order valence-corrected chi connectivity index (χ0v) is 63.0. The van der Waals surface area contributed by atoms with Crippen LogP contribution in [0.3, 0.4) is 0 Å². The summed E-state index contributed by atoms with van der Waals surface area (Å²) in [6.07, 6.45) is -2.08. The van der Waals surface area contributed by atoms with Crippen molar-refractivity contribution in [3.05, 3.63) is 290 Å². The van der Waals surface area contributed by atoms with Gasteiger partial charge in [0.1, 0.15) is 38.6 Å². The molecule has 0 aliphatic carbocycles. The van der Waals surface area contributed by atoms with Crippen LogP contribution >= 0.6 is 15.9 Å². The van der Waals surface area contributed by atoms with Crippen molar-refractivity contribution in [2.75, 3.05) is 14.2 Å². The molecule has 3 heterocycles. The Morgan fingerprint density at radius 1 is 0.438 bits per heavy atom. The Hall–Kier alpha value is -8.62. The van der Waals surface area contributed by atoms with Gasteiger partial charge in [-0.15, -0.1) is 0 Å². The van der Waals surface area contributed by atoms with Crippen LogP contribution in [0.2, 0.25) is 0 Å². The van der Waals surface area contributed by atoms with Crippen molar-refractivity contribution >= 4 is 106 Å². The maximum atomic E-state index is 12.6. The second-order valence-corrected chi connectivity index (χ2v) is 22.2. The molecule has 15 aromatic rings. The van der Waals surface area contributed by atoms with Crippen molar-refractivity contribution in [2.45, 2.75) is 46.7 Å². The second-order valence-electron chi connectivity index (χ2n) is 21.2. The summed E-state index contributed by atoms with van der Waals surface area (Å²) in [5, 5.41) is 34.4. The first-order valence-corrected chi connectivity index (χ1v) is 30.9. The molecule has 23 heteroatoms. The standard InChI is InChI=1S/C26H19NO4.C25H17NO4.C17H11NO2.C9H9BrO2.CH2O3.4CH4.2K.Li.H2O.H/c1-29-26(28)24(17-9-3-2-4-10-17)30-23-16-19-12-6-5-11-18(19)15-20(23)25-27-21-13-7-8-14-22(21)31-25;27-25(28)23(16-8-2-1-3-9-16)29-22-15-18-11-5-4-10-17(18)14-19(22)24-26-20-12-6-7-13-21(20)30-24;19-15-10-12-6-2-1-5-11(12)9-13(15)17-18-14-7-3-4-8-16(14)20-17;1-12-9(11)8(10)7-5-3-2-4-6-7;2-1-4-3;;;;;;;;;/h2-16,24H,1H3;1-15,23H,(H,27,28);1-10,19H;2-6,8H,1H3;1,3H;4*1H4;;;;1H2;/q;;;;;;;;;3*+1;;-1/p-2. The summed E-state index contributed by atoms with van der Waals surface area (Å²) in [6.45, 7) is -0.181. The predicted molar refractivity (Wildman–Crippen MR) is 399 cm³/mol. The summed E-state index contributed by atoms with van der Waals surface area (Å²) in [4.78, 5) is 60.1. The number of carboxylic acid groups (broad SMARTS) is 1. The van der Waals surface area contributed by atoms with Crippen molar-refractivity contribution in [2.24, 2.45) is 0 Å². The third-order valence-corrected chi connectivity index (χ3v) is 15.9. The molecule has 0 saturated carbocycles. The number of carbonyl (C=O) groups is 4. The zero-order chi connectivity index (χ0) is 67.6. The van der Waals surface area contributed by atoms with Gasteiger partial charge in [-0.05, 0) is 111 Å². The number of aliphatic carboxylic acids is 1. The van der Waals surface area contributed by atoms with E-state index in [0.29, 0.717) is 68.2 Å². The zero-order valence-electron chi connectivity index (χ0n) is 56.2. The fourth-order valence-corrected chi connectivity index (χ4v) is 10.8. The van der Waals surface area contributed by atoms with Gasteiger partial charge in [0.25, 0.3) is 6.47 Å². The molecule has 0 aliphatic rings. The third kappa shape index (κ3) is 22.9. The molecule has 524 valence electrons. The van der Waals surface area contributed by atoms with Gasteiger partial charge in [0.2, 0.25) is 29.9 Å². The number of oxazole rings is 3. The molecule has 15 rings (SSSR count). The van der Waals surface area contributed by atoms with Crippen molar-refractivity contribution in [3.63, 3.8) is 0 Å². The van der Waals surface area contributed by atoms with Crippen molar-refractivity contribution in [1.82, 2.24) is 15.0 Å². The van der Waals surface area contributed by atoms with Gasteiger partial charge in [0.15, 0.2) is 16.7 Å². The van der Waals surface area contributed by atoms with Crippen LogP contribution in [0.1, 0.15) is 64.9 Å². The summed E-state index contributed by atoms with van der Waals surface area (Å²) in [5.41, 5.74) is 8.37. The van der Waals surface area contributed by atoms with Gasteiger partial charge < -0.3 is 59.5 Å². The number of ether oxygens (including phenoxy) is 4. The Labute approximate surface area is 714 Å². The molecule has 3 unspecified atom stereocenters. The van der Waals surface area contributed by atoms with Crippen LogP contribution in [0.15, 0.2) is 286 Å². The van der Waals surface area contributed by atoms with E-state index in [2.05, 4.69) is 40.5 Å². The van der Waals surface area contributed by atoms with Gasteiger partial charge in [-0.3, -0.25) is 9.59 Å². The molecule has 105 heavy (non-hydrogen) atoms. The van der Waals surface area contributed by atoms with Gasteiger partial charge in [-0.2, -0.15) is 0 Å². The van der Waals surface area contributed by atoms with Crippen LogP contribution in [0, 0.1) is 0 Å². The first-order chi connectivity index (χ1) is 47.4. The number of aromatic nitrogens is 3. The van der Waals surface area contributed by atoms with E-state index in [1.165, 1.54) is 14.2 Å². The Morgan fingerprint density at radius 2 is 0.724 bits per heavy atom. The molecular formula is C82H75BrK2LiN3O16. The van der Waals surface area contributed by atoms with Crippen LogP contribution < -0.4 is 136 Å². The number of halogens is 1. The van der Waals surface area contributed by atoms with Gasteiger partial charge in [0, 0.05) is 11.1 Å². The first-order valence-electron chi connectivity index (χ1n) is 30.0. The number of phenols is 1. The van der Waals surface area contributed by atoms with Crippen LogP contribution in [-0.4, -0.2) is 69.2 Å². The number of hydrogen-bond acceptors (Lipinski definition) is 18. The number of esters is 2. The summed E-state index contributed by atoms with van der Waals surface area (Å²) in [6, 6.07) is 85.1. The van der Waals surface area contributed by atoms with Crippen molar-refractivity contribution < 1.29 is 200 Å². The predicted octanol–water partition coefficient (Wildman–Crippen LogP) is 10.4. The minimum Gasteiger partial charge on any atom is -1.00 e. The molecule has 3 aromatic heterocycles. The topological polar surface area (TPSA) is 286 Å². The van der Waals surface area contributed by atoms with E-state index < -0.39 is 24.1 Å². The molecular weight excluding hydrogens is 1450 g/mol. The van der Waals surface area contributed by atoms with Gasteiger partial charge >= 0.3 is 140 Å². The number of rotatable bonds is 14. The molecule has 0 radical (unpaired) electrons. The van der Waals surface area contributed by atoms with Gasteiger partial charge in [-0.1, -0.05) is 246 Å². The maximum absolute atomic E-state index is 12.6. The number of carboxylic acids is 1. The summed E-state index contributed by atoms with van der Waals surface area (Å²) in [7, 11) is 2.73. The van der Waals surface area contributed by atoms with E-state index >= 15 is 0 Å². The SMILES string of the molecule is C.C.C.C.COC(=O)C(Br)c1ccccc1.COC(=O)C(Oc1cc2ccccc2cc1-c1nc2ccccc2o1)c1ccccc1.O=C(O)C(Oc1cc2ccccc2cc1-c1nc2ccccc2o1)c1ccccc1.O=CO[O-].Oc1cc2ccccc2cc1-c1nc2ccccc2o1.[H-].[K+].[K+].[Li+].[OH-]. The van der Waals surface area contributed by atoms with Crippen molar-refractivity contribution in [1.29, 1.82) is 0 Å². The third-order valence-electron chi connectivity index (χ3n) is 15.0. The molecule has 19 nitrogen and oxygen atoms in total. The molecule has 0 bridgehead atoms.